The number of anilines is 1. The van der Waals surface area contributed by atoms with Crippen molar-refractivity contribution in [2.45, 2.75) is 83.6 Å². The Balaban J connectivity index is 1.02. The molecule has 0 bridgehead atoms. The van der Waals surface area contributed by atoms with Gasteiger partial charge in [0, 0.05) is 75.1 Å². The molecule has 0 aromatic heterocycles. The van der Waals surface area contributed by atoms with E-state index in [-0.39, 0.29) is 23.4 Å². The molecule has 4 aliphatic rings. The maximum atomic E-state index is 13.0. The van der Waals surface area contributed by atoms with Crippen molar-refractivity contribution in [1.82, 2.24) is 20.0 Å². The quantitative estimate of drug-likeness (QED) is 0.534. The van der Waals surface area contributed by atoms with E-state index in [4.69, 9.17) is 4.74 Å². The normalized spacial score (nSPS) is 24.1. The fourth-order valence-electron chi connectivity index (χ4n) is 7.02. The number of nitrogens with zero attached hydrogens (tertiary/aromatic N) is 4. The van der Waals surface area contributed by atoms with Gasteiger partial charge in [0.25, 0.3) is 5.91 Å². The highest BCUT2D eigenvalue weighted by molar-refractivity contribution is 5.98. The predicted molar refractivity (Wildman–Crippen MR) is 166 cm³/mol. The standard InChI is InChI=1S/C34H47N5O3/c1-34(2,3)38-18-16-36(17-19-38)27-9-7-25(8-10-27)22-37-15-5-4-6-29(37)24-42-30-12-13-31-26(20-30)23-39(33(31)41)28-11-14-32(40)35-21-28/h7-10,12-13,20,28-29H,4-6,11,14-19,21-24H2,1-3H3,(H,35,40)/t28?,29-/m1/s1. The van der Waals surface area contributed by atoms with Crippen LogP contribution in [0.5, 0.6) is 5.75 Å². The molecule has 226 valence electrons. The highest BCUT2D eigenvalue weighted by Gasteiger charge is 2.35. The van der Waals surface area contributed by atoms with Crippen molar-refractivity contribution in [3.8, 4) is 5.75 Å². The number of amides is 2. The van der Waals surface area contributed by atoms with Gasteiger partial charge in [-0.3, -0.25) is 19.4 Å². The molecular weight excluding hydrogens is 526 g/mol. The first-order chi connectivity index (χ1) is 20.2. The highest BCUT2D eigenvalue weighted by Crippen LogP contribution is 2.31. The zero-order valence-electron chi connectivity index (χ0n) is 25.6. The van der Waals surface area contributed by atoms with Crippen LogP contribution in [0.25, 0.3) is 0 Å². The second kappa shape index (κ2) is 12.3. The number of piperidine rings is 2. The number of carbonyl (C=O) groups is 2. The second-order valence-electron chi connectivity index (χ2n) is 13.5. The molecule has 2 aromatic carbocycles. The Morgan fingerprint density at radius 1 is 0.929 bits per heavy atom. The first kappa shape index (κ1) is 29.0. The Kier molecular flexibility index (Phi) is 8.46. The Hall–Kier alpha value is -3.10. The third-order valence-corrected chi connectivity index (χ3v) is 9.70. The lowest BCUT2D eigenvalue weighted by molar-refractivity contribution is -0.123. The van der Waals surface area contributed by atoms with Crippen LogP contribution < -0.4 is 15.0 Å². The number of hydrogen-bond acceptors (Lipinski definition) is 6. The molecule has 2 amide bonds. The largest absolute Gasteiger partial charge is 0.492 e. The topological polar surface area (TPSA) is 68.4 Å². The molecule has 3 fully saturated rings. The first-order valence-electron chi connectivity index (χ1n) is 15.9. The molecule has 0 radical (unpaired) electrons. The van der Waals surface area contributed by atoms with Crippen LogP contribution in [0.4, 0.5) is 5.69 Å². The van der Waals surface area contributed by atoms with Crippen LogP contribution in [0.3, 0.4) is 0 Å². The Morgan fingerprint density at radius 3 is 2.43 bits per heavy atom. The molecule has 8 nitrogen and oxygen atoms in total. The van der Waals surface area contributed by atoms with Crippen LogP contribution in [-0.4, -0.2) is 90.0 Å². The van der Waals surface area contributed by atoms with E-state index in [0.29, 0.717) is 32.2 Å². The smallest absolute Gasteiger partial charge is 0.254 e. The molecule has 3 saturated heterocycles. The molecule has 1 unspecified atom stereocenters. The van der Waals surface area contributed by atoms with E-state index in [2.05, 4.69) is 65.1 Å². The van der Waals surface area contributed by atoms with Gasteiger partial charge >= 0.3 is 0 Å². The van der Waals surface area contributed by atoms with Crippen LogP contribution in [0.2, 0.25) is 0 Å². The number of fused-ring (bicyclic) bond motifs is 1. The van der Waals surface area contributed by atoms with E-state index in [0.717, 1.165) is 69.0 Å². The Labute approximate surface area is 251 Å². The van der Waals surface area contributed by atoms with Crippen molar-refractivity contribution in [3.05, 3.63) is 59.2 Å². The van der Waals surface area contributed by atoms with Gasteiger partial charge in [0.05, 0.1) is 6.04 Å². The van der Waals surface area contributed by atoms with Gasteiger partial charge in [-0.1, -0.05) is 18.6 Å². The first-order valence-corrected chi connectivity index (χ1v) is 15.9. The molecule has 8 heteroatoms. The minimum absolute atomic E-state index is 0.0642. The maximum Gasteiger partial charge on any atom is 0.254 e. The number of carbonyl (C=O) groups excluding carboxylic acids is 2. The van der Waals surface area contributed by atoms with E-state index in [1.165, 1.54) is 24.1 Å². The zero-order chi connectivity index (χ0) is 29.3. The molecular formula is C34H47N5O3. The Bertz CT molecular complexity index is 1250. The van der Waals surface area contributed by atoms with Crippen molar-refractivity contribution in [3.63, 3.8) is 0 Å². The minimum Gasteiger partial charge on any atom is -0.492 e. The van der Waals surface area contributed by atoms with E-state index < -0.39 is 0 Å². The minimum atomic E-state index is 0.0642. The highest BCUT2D eigenvalue weighted by atomic mass is 16.5. The fraction of sp³-hybridized carbons (Fsp3) is 0.588. The van der Waals surface area contributed by atoms with Gasteiger partial charge in [0.15, 0.2) is 0 Å². The van der Waals surface area contributed by atoms with Gasteiger partial charge in [-0.25, -0.2) is 0 Å². The number of nitrogens with one attached hydrogen (secondary N) is 1. The summed E-state index contributed by atoms with van der Waals surface area (Å²) in [4.78, 5) is 34.2. The van der Waals surface area contributed by atoms with Gasteiger partial charge in [-0.05, 0) is 88.0 Å². The summed E-state index contributed by atoms with van der Waals surface area (Å²) in [5.41, 5.74) is 4.70. The maximum absolute atomic E-state index is 13.0. The summed E-state index contributed by atoms with van der Waals surface area (Å²) >= 11 is 0. The number of benzene rings is 2. The average molecular weight is 574 g/mol. The molecule has 2 aromatic rings. The van der Waals surface area contributed by atoms with Crippen LogP contribution in [0.15, 0.2) is 42.5 Å². The van der Waals surface area contributed by atoms with Crippen molar-refractivity contribution in [1.29, 1.82) is 0 Å². The lowest BCUT2D eigenvalue weighted by Gasteiger charge is -2.43. The molecule has 6 rings (SSSR count). The Morgan fingerprint density at radius 2 is 1.71 bits per heavy atom. The third kappa shape index (κ3) is 6.45. The summed E-state index contributed by atoms with van der Waals surface area (Å²) in [5.74, 6) is 0.973. The van der Waals surface area contributed by atoms with Gasteiger partial charge in [0.2, 0.25) is 5.91 Å². The summed E-state index contributed by atoms with van der Waals surface area (Å²) in [6.45, 7) is 15.1. The van der Waals surface area contributed by atoms with Crippen LogP contribution in [0, 0.1) is 0 Å². The SMILES string of the molecule is CC(C)(C)N1CCN(c2ccc(CN3CCCC[C@@H]3COc3ccc4c(c3)CN(C3CCC(=O)NC3)C4=O)cc2)CC1. The summed E-state index contributed by atoms with van der Waals surface area (Å²) < 4.78 is 6.36. The zero-order valence-corrected chi connectivity index (χ0v) is 25.6. The molecule has 0 saturated carbocycles. The third-order valence-electron chi connectivity index (χ3n) is 9.70. The number of hydrogen-bond donors (Lipinski definition) is 1. The van der Waals surface area contributed by atoms with Crippen LogP contribution in [0.1, 0.15) is 74.4 Å². The van der Waals surface area contributed by atoms with E-state index in [1.807, 2.05) is 23.1 Å². The summed E-state index contributed by atoms with van der Waals surface area (Å²) in [7, 11) is 0. The van der Waals surface area contributed by atoms with Crippen LogP contribution in [-0.2, 0) is 17.9 Å². The van der Waals surface area contributed by atoms with Crippen LogP contribution >= 0.6 is 0 Å². The van der Waals surface area contributed by atoms with Crippen molar-refractivity contribution < 1.29 is 14.3 Å². The second-order valence-corrected chi connectivity index (χ2v) is 13.5. The molecule has 4 aliphatic heterocycles. The number of piperazine rings is 1. The average Bonchev–Trinajstić information content (AvgIpc) is 3.32. The monoisotopic (exact) mass is 573 g/mol. The predicted octanol–water partition coefficient (Wildman–Crippen LogP) is 4.28. The number of likely N-dealkylation sites (tertiary alicyclic amines) is 1. The van der Waals surface area contributed by atoms with E-state index >= 15 is 0 Å². The summed E-state index contributed by atoms with van der Waals surface area (Å²) in [5, 5.41) is 2.90. The molecule has 0 aliphatic carbocycles. The summed E-state index contributed by atoms with van der Waals surface area (Å²) in [6, 6.07) is 15.5. The lowest BCUT2D eigenvalue weighted by atomic mass is 10.0. The van der Waals surface area contributed by atoms with Gasteiger partial charge in [-0.15, -0.1) is 0 Å². The molecule has 0 spiro atoms. The van der Waals surface area contributed by atoms with Gasteiger partial charge in [0.1, 0.15) is 12.4 Å². The number of ether oxygens (including phenoxy) is 1. The molecule has 1 N–H and O–H groups in total. The van der Waals surface area contributed by atoms with Gasteiger partial charge in [-0.2, -0.15) is 0 Å². The molecule has 4 heterocycles. The van der Waals surface area contributed by atoms with E-state index in [1.54, 1.807) is 0 Å². The van der Waals surface area contributed by atoms with E-state index in [9.17, 15) is 9.59 Å². The number of rotatable bonds is 7. The molecule has 42 heavy (non-hydrogen) atoms. The van der Waals surface area contributed by atoms with Crippen molar-refractivity contribution in [2.24, 2.45) is 0 Å². The summed E-state index contributed by atoms with van der Waals surface area (Å²) in [6.07, 6.45) is 4.81. The lowest BCUT2D eigenvalue weighted by Crippen LogP contribution is -2.53. The molecule has 2 atom stereocenters. The van der Waals surface area contributed by atoms with Crippen molar-refractivity contribution >= 4 is 17.5 Å². The fourth-order valence-corrected chi connectivity index (χ4v) is 7.02. The van der Waals surface area contributed by atoms with Gasteiger partial charge < -0.3 is 19.9 Å². The van der Waals surface area contributed by atoms with Crippen molar-refractivity contribution in [2.75, 3.05) is 50.8 Å².